The molecule has 0 aliphatic carbocycles. The lowest BCUT2D eigenvalue weighted by Gasteiger charge is -2.18. The van der Waals surface area contributed by atoms with Crippen molar-refractivity contribution in [1.29, 1.82) is 0 Å². The molecule has 0 aliphatic rings. The molecule has 5 heteroatoms. The van der Waals surface area contributed by atoms with Crippen molar-refractivity contribution in [3.8, 4) is 0 Å². The van der Waals surface area contributed by atoms with Crippen molar-refractivity contribution >= 4 is 23.2 Å². The molecule has 0 saturated heterocycles. The molecule has 1 nitrogen and oxygen atoms in total. The monoisotopic (exact) mass is 315 g/mol. The molecule has 0 aromatic heterocycles. The number of hydrogen-bond donors (Lipinski definition) is 1. The summed E-state index contributed by atoms with van der Waals surface area (Å²) in [5.74, 6) is -0.838. The number of rotatable bonds is 4. The van der Waals surface area contributed by atoms with E-state index in [1.54, 1.807) is 25.2 Å². The number of likely N-dealkylation sites (N-methyl/N-ethyl adjacent to an activating group) is 1. The predicted molar refractivity (Wildman–Crippen MR) is 78.3 cm³/mol. The first kappa shape index (κ1) is 15.2. The van der Waals surface area contributed by atoms with E-state index >= 15 is 0 Å². The molecule has 0 heterocycles. The maximum atomic E-state index is 13.9. The van der Waals surface area contributed by atoms with Crippen LogP contribution in [0.1, 0.15) is 17.2 Å². The normalized spacial score (nSPS) is 12.4. The van der Waals surface area contributed by atoms with Crippen molar-refractivity contribution in [2.45, 2.75) is 12.5 Å². The van der Waals surface area contributed by atoms with Crippen LogP contribution in [-0.4, -0.2) is 7.05 Å². The van der Waals surface area contributed by atoms with Crippen LogP contribution in [0.4, 0.5) is 8.78 Å². The summed E-state index contributed by atoms with van der Waals surface area (Å²) in [4.78, 5) is 0. The summed E-state index contributed by atoms with van der Waals surface area (Å²) in [6, 6.07) is 8.81. The number of nitrogens with one attached hydrogen (secondary N) is 1. The first-order valence-electron chi connectivity index (χ1n) is 6.08. The van der Waals surface area contributed by atoms with Gasteiger partial charge in [0.2, 0.25) is 0 Å². The van der Waals surface area contributed by atoms with E-state index in [9.17, 15) is 8.78 Å². The second kappa shape index (κ2) is 6.53. The first-order valence-corrected chi connectivity index (χ1v) is 6.83. The maximum Gasteiger partial charge on any atom is 0.145 e. The molecule has 0 radical (unpaired) electrons. The molecule has 0 fully saturated rings. The molecule has 20 heavy (non-hydrogen) atoms. The Labute approximate surface area is 126 Å². The van der Waals surface area contributed by atoms with Crippen LogP contribution in [0.5, 0.6) is 0 Å². The summed E-state index contributed by atoms with van der Waals surface area (Å²) in [7, 11) is 1.74. The molecule has 0 aliphatic heterocycles. The molecule has 0 bridgehead atoms. The van der Waals surface area contributed by atoms with E-state index in [0.29, 0.717) is 17.0 Å². The lowest BCUT2D eigenvalue weighted by molar-refractivity contribution is 0.553. The van der Waals surface area contributed by atoms with Crippen LogP contribution < -0.4 is 5.32 Å². The minimum atomic E-state index is -0.437. The molecule has 2 aromatic rings. The maximum absolute atomic E-state index is 13.9. The van der Waals surface area contributed by atoms with Gasteiger partial charge >= 0.3 is 0 Å². The highest BCUT2D eigenvalue weighted by molar-refractivity contribution is 6.31. The smallest absolute Gasteiger partial charge is 0.145 e. The third kappa shape index (κ3) is 3.29. The molecule has 0 amide bonds. The molecule has 2 aromatic carbocycles. The molecule has 2 rings (SSSR count). The van der Waals surface area contributed by atoms with Crippen LogP contribution in [0.3, 0.4) is 0 Å². The van der Waals surface area contributed by atoms with E-state index in [1.807, 2.05) is 0 Å². The van der Waals surface area contributed by atoms with E-state index in [4.69, 9.17) is 23.2 Å². The summed E-state index contributed by atoms with van der Waals surface area (Å²) in [6.45, 7) is 0. The van der Waals surface area contributed by atoms with E-state index in [1.165, 1.54) is 18.2 Å². The zero-order valence-electron chi connectivity index (χ0n) is 10.8. The van der Waals surface area contributed by atoms with Crippen molar-refractivity contribution in [3.63, 3.8) is 0 Å². The molecule has 106 valence electrons. The van der Waals surface area contributed by atoms with Gasteiger partial charge in [0.15, 0.2) is 0 Å². The van der Waals surface area contributed by atoms with E-state index in [-0.39, 0.29) is 11.1 Å². The zero-order valence-corrected chi connectivity index (χ0v) is 12.3. The highest BCUT2D eigenvalue weighted by Crippen LogP contribution is 2.28. The van der Waals surface area contributed by atoms with Gasteiger partial charge in [0, 0.05) is 11.1 Å². The Morgan fingerprint density at radius 1 is 1.10 bits per heavy atom. The molecule has 0 saturated carbocycles. The van der Waals surface area contributed by atoms with Crippen LogP contribution >= 0.6 is 23.2 Å². The van der Waals surface area contributed by atoms with E-state index in [0.717, 1.165) is 5.56 Å². The Morgan fingerprint density at radius 2 is 1.85 bits per heavy atom. The quantitative estimate of drug-likeness (QED) is 0.856. The standard InChI is InChI=1S/C15H13Cl2F2N/c1-20-14(11-6-5-10(18)8-13(11)17)7-9-3-2-4-12(16)15(9)19/h2-6,8,14,20H,7H2,1H3. The molecular formula is C15H13Cl2F2N. The van der Waals surface area contributed by atoms with Gasteiger partial charge in [-0.1, -0.05) is 41.4 Å². The van der Waals surface area contributed by atoms with Gasteiger partial charge in [-0.05, 0) is 42.8 Å². The number of hydrogen-bond acceptors (Lipinski definition) is 1. The minimum absolute atomic E-state index is 0.0857. The van der Waals surface area contributed by atoms with Gasteiger partial charge in [-0.15, -0.1) is 0 Å². The molecular weight excluding hydrogens is 303 g/mol. The lowest BCUT2D eigenvalue weighted by Crippen LogP contribution is -2.20. The summed E-state index contributed by atoms with van der Waals surface area (Å²) in [5.41, 5.74) is 1.20. The Kier molecular flexibility index (Phi) is 4.97. The topological polar surface area (TPSA) is 12.0 Å². The van der Waals surface area contributed by atoms with Gasteiger partial charge in [-0.3, -0.25) is 0 Å². The summed E-state index contributed by atoms with van der Waals surface area (Å²) in [6.07, 6.45) is 0.369. The zero-order chi connectivity index (χ0) is 14.7. The number of halogens is 4. The fourth-order valence-corrected chi connectivity index (χ4v) is 2.57. The van der Waals surface area contributed by atoms with Crippen LogP contribution in [0.25, 0.3) is 0 Å². The first-order chi connectivity index (χ1) is 9.52. The molecule has 1 atom stereocenters. The fourth-order valence-electron chi connectivity index (χ4n) is 2.08. The van der Waals surface area contributed by atoms with Crippen LogP contribution in [-0.2, 0) is 6.42 Å². The van der Waals surface area contributed by atoms with Gasteiger partial charge < -0.3 is 5.32 Å². The largest absolute Gasteiger partial charge is 0.313 e. The average molecular weight is 316 g/mol. The van der Waals surface area contributed by atoms with Crippen molar-refractivity contribution in [3.05, 3.63) is 69.2 Å². The van der Waals surface area contributed by atoms with Gasteiger partial charge in [0.1, 0.15) is 11.6 Å². The van der Waals surface area contributed by atoms with Crippen molar-refractivity contribution in [1.82, 2.24) is 5.32 Å². The highest BCUT2D eigenvalue weighted by Gasteiger charge is 2.17. The van der Waals surface area contributed by atoms with E-state index < -0.39 is 11.6 Å². The average Bonchev–Trinajstić information content (AvgIpc) is 2.41. The molecule has 1 N–H and O–H groups in total. The second-order valence-corrected chi connectivity index (χ2v) is 5.24. The van der Waals surface area contributed by atoms with Crippen molar-refractivity contribution < 1.29 is 8.78 Å². The Bertz CT molecular complexity index is 617. The summed E-state index contributed by atoms with van der Waals surface area (Å²) in [5, 5.41) is 3.45. The third-order valence-corrected chi connectivity index (χ3v) is 3.76. The van der Waals surface area contributed by atoms with Gasteiger partial charge in [0.05, 0.1) is 5.02 Å². The predicted octanol–water partition coefficient (Wildman–Crippen LogP) is 4.77. The summed E-state index contributed by atoms with van der Waals surface area (Å²) >= 11 is 11.8. The molecule has 0 spiro atoms. The Hall–Kier alpha value is -1.16. The molecule has 1 unspecified atom stereocenters. The van der Waals surface area contributed by atoms with Crippen LogP contribution in [0, 0.1) is 11.6 Å². The lowest BCUT2D eigenvalue weighted by atomic mass is 9.98. The second-order valence-electron chi connectivity index (χ2n) is 4.42. The minimum Gasteiger partial charge on any atom is -0.313 e. The van der Waals surface area contributed by atoms with Gasteiger partial charge in [-0.2, -0.15) is 0 Å². The number of benzene rings is 2. The van der Waals surface area contributed by atoms with Gasteiger partial charge in [-0.25, -0.2) is 8.78 Å². The van der Waals surface area contributed by atoms with Crippen LogP contribution in [0.2, 0.25) is 10.0 Å². The summed E-state index contributed by atoms with van der Waals surface area (Å²) < 4.78 is 27.0. The van der Waals surface area contributed by atoms with Gasteiger partial charge in [0.25, 0.3) is 0 Å². The Morgan fingerprint density at radius 3 is 2.50 bits per heavy atom. The SMILES string of the molecule is CNC(Cc1cccc(Cl)c1F)c1ccc(F)cc1Cl. The third-order valence-electron chi connectivity index (χ3n) is 3.14. The highest BCUT2D eigenvalue weighted by atomic mass is 35.5. The Balaban J connectivity index is 2.31. The van der Waals surface area contributed by atoms with Crippen LogP contribution in [0.15, 0.2) is 36.4 Å². The van der Waals surface area contributed by atoms with Crippen molar-refractivity contribution in [2.24, 2.45) is 0 Å². The van der Waals surface area contributed by atoms with E-state index in [2.05, 4.69) is 5.32 Å². The fraction of sp³-hybridized carbons (Fsp3) is 0.200. The van der Waals surface area contributed by atoms with Crippen molar-refractivity contribution in [2.75, 3.05) is 7.05 Å².